The van der Waals surface area contributed by atoms with Gasteiger partial charge < -0.3 is 14.6 Å². The summed E-state index contributed by atoms with van der Waals surface area (Å²) in [6.45, 7) is 8.31. The molecule has 1 aliphatic rings. The summed E-state index contributed by atoms with van der Waals surface area (Å²) in [5.74, 6) is -0.217. The van der Waals surface area contributed by atoms with E-state index in [1.54, 1.807) is 0 Å². The molecule has 0 aliphatic carbocycles. The van der Waals surface area contributed by atoms with Gasteiger partial charge in [0.25, 0.3) is 0 Å². The summed E-state index contributed by atoms with van der Waals surface area (Å²) in [5.41, 5.74) is 0. The Hall–Kier alpha value is -0.650. The van der Waals surface area contributed by atoms with E-state index in [0.717, 1.165) is 26.1 Å². The molecule has 0 spiro atoms. The molecule has 0 aromatic rings. The SMILES string of the molecule is CC(C)CCOCCN1CCOC(C(=O)O)C1. The van der Waals surface area contributed by atoms with E-state index < -0.39 is 12.1 Å². The third kappa shape index (κ3) is 6.00. The third-order valence-electron chi connectivity index (χ3n) is 2.82. The van der Waals surface area contributed by atoms with Crippen LogP contribution in [0.1, 0.15) is 20.3 Å². The second-order valence-corrected chi connectivity index (χ2v) is 4.79. The number of ether oxygens (including phenoxy) is 2. The number of hydrogen-bond acceptors (Lipinski definition) is 4. The summed E-state index contributed by atoms with van der Waals surface area (Å²) in [6.07, 6.45) is 0.389. The van der Waals surface area contributed by atoms with E-state index in [0.29, 0.717) is 25.7 Å². The molecule has 0 bridgehead atoms. The van der Waals surface area contributed by atoms with Crippen molar-refractivity contribution in [2.24, 2.45) is 5.92 Å². The minimum atomic E-state index is -0.879. The molecule has 5 nitrogen and oxygen atoms in total. The van der Waals surface area contributed by atoms with Gasteiger partial charge in [0.05, 0.1) is 13.2 Å². The Kier molecular flexibility index (Phi) is 6.47. The van der Waals surface area contributed by atoms with Gasteiger partial charge in [-0.3, -0.25) is 4.90 Å². The summed E-state index contributed by atoms with van der Waals surface area (Å²) >= 11 is 0. The quantitative estimate of drug-likeness (QED) is 0.673. The van der Waals surface area contributed by atoms with Crippen LogP contribution in [0.4, 0.5) is 0 Å². The Labute approximate surface area is 103 Å². The van der Waals surface area contributed by atoms with Crippen molar-refractivity contribution in [3.63, 3.8) is 0 Å². The fraction of sp³-hybridized carbons (Fsp3) is 0.917. The van der Waals surface area contributed by atoms with Crippen LogP contribution in [-0.4, -0.2) is 61.5 Å². The highest BCUT2D eigenvalue weighted by atomic mass is 16.5. The highest BCUT2D eigenvalue weighted by Crippen LogP contribution is 2.05. The summed E-state index contributed by atoms with van der Waals surface area (Å²) in [5, 5.41) is 8.84. The molecule has 100 valence electrons. The predicted octanol–water partition coefficient (Wildman–Crippen LogP) is 0.835. The van der Waals surface area contributed by atoms with Crippen molar-refractivity contribution in [2.75, 3.05) is 39.5 Å². The van der Waals surface area contributed by atoms with Crippen LogP contribution in [0.15, 0.2) is 0 Å². The smallest absolute Gasteiger partial charge is 0.334 e. The van der Waals surface area contributed by atoms with Crippen molar-refractivity contribution in [3.05, 3.63) is 0 Å². The normalized spacial score (nSPS) is 21.9. The molecule has 1 atom stereocenters. The maximum atomic E-state index is 10.8. The largest absolute Gasteiger partial charge is 0.479 e. The fourth-order valence-electron chi connectivity index (χ4n) is 1.67. The molecule has 1 saturated heterocycles. The molecule has 1 unspecified atom stereocenters. The highest BCUT2D eigenvalue weighted by molar-refractivity contribution is 5.72. The monoisotopic (exact) mass is 245 g/mol. The standard InChI is InChI=1S/C12H23NO4/c1-10(2)3-6-16-7-4-13-5-8-17-11(9-13)12(14)15/h10-11H,3-9H2,1-2H3,(H,14,15). The number of aliphatic carboxylic acids is 1. The Morgan fingerprint density at radius 2 is 2.29 bits per heavy atom. The van der Waals surface area contributed by atoms with Gasteiger partial charge in [0.15, 0.2) is 6.10 Å². The fourth-order valence-corrected chi connectivity index (χ4v) is 1.67. The van der Waals surface area contributed by atoms with Crippen molar-refractivity contribution < 1.29 is 19.4 Å². The average Bonchev–Trinajstić information content (AvgIpc) is 2.28. The topological polar surface area (TPSA) is 59.0 Å². The van der Waals surface area contributed by atoms with Gasteiger partial charge in [0.1, 0.15) is 0 Å². The van der Waals surface area contributed by atoms with Crippen LogP contribution in [-0.2, 0) is 14.3 Å². The molecule has 17 heavy (non-hydrogen) atoms. The van der Waals surface area contributed by atoms with Crippen molar-refractivity contribution in [3.8, 4) is 0 Å². The molecule has 0 amide bonds. The zero-order chi connectivity index (χ0) is 12.7. The van der Waals surface area contributed by atoms with Crippen molar-refractivity contribution in [1.82, 2.24) is 4.90 Å². The number of morpholine rings is 1. The number of nitrogens with zero attached hydrogens (tertiary/aromatic N) is 1. The molecular formula is C12H23NO4. The van der Waals surface area contributed by atoms with Gasteiger partial charge in [0.2, 0.25) is 0 Å². The Balaban J connectivity index is 2.08. The summed E-state index contributed by atoms with van der Waals surface area (Å²) in [7, 11) is 0. The number of rotatable bonds is 7. The molecule has 0 radical (unpaired) electrons. The number of carbonyl (C=O) groups is 1. The summed E-state index contributed by atoms with van der Waals surface area (Å²) in [6, 6.07) is 0. The summed E-state index contributed by atoms with van der Waals surface area (Å²) in [4.78, 5) is 12.8. The molecule has 0 saturated carbocycles. The van der Waals surface area contributed by atoms with E-state index in [4.69, 9.17) is 14.6 Å². The maximum absolute atomic E-state index is 10.8. The summed E-state index contributed by atoms with van der Waals surface area (Å²) < 4.78 is 10.7. The van der Waals surface area contributed by atoms with E-state index in [1.165, 1.54) is 0 Å². The zero-order valence-corrected chi connectivity index (χ0v) is 10.7. The molecule has 1 fully saturated rings. The molecule has 0 aromatic carbocycles. The van der Waals surface area contributed by atoms with Crippen LogP contribution < -0.4 is 0 Å². The molecule has 1 aliphatic heterocycles. The van der Waals surface area contributed by atoms with Gasteiger partial charge in [-0.1, -0.05) is 13.8 Å². The van der Waals surface area contributed by atoms with E-state index in [1.807, 2.05) is 0 Å². The van der Waals surface area contributed by atoms with Gasteiger partial charge in [-0.2, -0.15) is 0 Å². The number of carboxylic acid groups (broad SMARTS) is 1. The molecule has 1 rings (SSSR count). The minimum absolute atomic E-state index is 0.461. The van der Waals surface area contributed by atoms with Crippen molar-refractivity contribution >= 4 is 5.97 Å². The first kappa shape index (κ1) is 14.4. The van der Waals surface area contributed by atoms with Gasteiger partial charge >= 0.3 is 5.97 Å². The van der Waals surface area contributed by atoms with Gasteiger partial charge in [-0.15, -0.1) is 0 Å². The van der Waals surface area contributed by atoms with Crippen LogP contribution in [0, 0.1) is 5.92 Å². The van der Waals surface area contributed by atoms with Gasteiger partial charge in [0, 0.05) is 26.2 Å². The Morgan fingerprint density at radius 1 is 1.53 bits per heavy atom. The zero-order valence-electron chi connectivity index (χ0n) is 10.7. The van der Waals surface area contributed by atoms with Crippen molar-refractivity contribution in [2.45, 2.75) is 26.4 Å². The van der Waals surface area contributed by atoms with Crippen LogP contribution in [0.25, 0.3) is 0 Å². The lowest BCUT2D eigenvalue weighted by molar-refractivity contribution is -0.156. The minimum Gasteiger partial charge on any atom is -0.479 e. The van der Waals surface area contributed by atoms with E-state index in [-0.39, 0.29) is 0 Å². The first-order chi connectivity index (χ1) is 8.09. The molecule has 5 heteroatoms. The third-order valence-corrected chi connectivity index (χ3v) is 2.82. The van der Waals surface area contributed by atoms with E-state index >= 15 is 0 Å². The first-order valence-electron chi connectivity index (χ1n) is 6.24. The molecular weight excluding hydrogens is 222 g/mol. The van der Waals surface area contributed by atoms with Gasteiger partial charge in [-0.25, -0.2) is 4.79 Å². The number of hydrogen-bond donors (Lipinski definition) is 1. The lowest BCUT2D eigenvalue weighted by Gasteiger charge is -2.30. The van der Waals surface area contributed by atoms with Crippen molar-refractivity contribution in [1.29, 1.82) is 0 Å². The lowest BCUT2D eigenvalue weighted by Crippen LogP contribution is -2.47. The Bertz CT molecular complexity index is 233. The highest BCUT2D eigenvalue weighted by Gasteiger charge is 2.25. The predicted molar refractivity (Wildman–Crippen MR) is 64.1 cm³/mol. The second-order valence-electron chi connectivity index (χ2n) is 4.79. The van der Waals surface area contributed by atoms with Crippen LogP contribution in [0.5, 0.6) is 0 Å². The first-order valence-corrected chi connectivity index (χ1v) is 6.24. The second kappa shape index (κ2) is 7.63. The number of carboxylic acids is 1. The molecule has 0 aromatic heterocycles. The molecule has 1 N–H and O–H groups in total. The maximum Gasteiger partial charge on any atom is 0.334 e. The van der Waals surface area contributed by atoms with Crippen LogP contribution in [0.3, 0.4) is 0 Å². The molecule has 1 heterocycles. The van der Waals surface area contributed by atoms with Crippen LogP contribution >= 0.6 is 0 Å². The van der Waals surface area contributed by atoms with Gasteiger partial charge in [-0.05, 0) is 12.3 Å². The van der Waals surface area contributed by atoms with E-state index in [2.05, 4.69) is 18.7 Å². The average molecular weight is 245 g/mol. The van der Waals surface area contributed by atoms with Crippen LogP contribution in [0.2, 0.25) is 0 Å². The Morgan fingerprint density at radius 3 is 2.94 bits per heavy atom. The lowest BCUT2D eigenvalue weighted by atomic mass is 10.1. The van der Waals surface area contributed by atoms with E-state index in [9.17, 15) is 4.79 Å².